The summed E-state index contributed by atoms with van der Waals surface area (Å²) >= 11 is 5.81. The summed E-state index contributed by atoms with van der Waals surface area (Å²) in [5.74, 6) is 0.425. The lowest BCUT2D eigenvalue weighted by molar-refractivity contribution is -0.141. The molecule has 0 atom stereocenters. The first-order valence-electron chi connectivity index (χ1n) is 5.64. The average molecular weight is 307 g/mol. The quantitative estimate of drug-likeness (QED) is 0.815. The van der Waals surface area contributed by atoms with E-state index in [0.717, 1.165) is 16.9 Å². The Kier molecular flexibility index (Phi) is 4.24. The van der Waals surface area contributed by atoms with Gasteiger partial charge in [-0.25, -0.2) is 14.6 Å². The SMILES string of the molecule is CCOCc1nc(Cl)cc(-n2ccc(C(F)(F)F)n2)n1. The van der Waals surface area contributed by atoms with Gasteiger partial charge in [-0.2, -0.15) is 18.3 Å². The summed E-state index contributed by atoms with van der Waals surface area (Å²) < 4.78 is 43.6. The molecular weight excluding hydrogens is 297 g/mol. The van der Waals surface area contributed by atoms with Crippen LogP contribution in [0.1, 0.15) is 18.4 Å². The number of alkyl halides is 3. The molecule has 9 heteroatoms. The summed E-state index contributed by atoms with van der Waals surface area (Å²) in [6, 6.07) is 2.18. The molecule has 0 radical (unpaired) electrons. The van der Waals surface area contributed by atoms with Crippen molar-refractivity contribution in [3.05, 3.63) is 35.0 Å². The van der Waals surface area contributed by atoms with Gasteiger partial charge in [-0.3, -0.25) is 0 Å². The van der Waals surface area contributed by atoms with E-state index in [1.807, 2.05) is 0 Å². The molecule has 0 N–H and O–H groups in total. The van der Waals surface area contributed by atoms with Gasteiger partial charge in [0.15, 0.2) is 17.3 Å². The van der Waals surface area contributed by atoms with Crippen LogP contribution in [-0.2, 0) is 17.5 Å². The van der Waals surface area contributed by atoms with E-state index < -0.39 is 11.9 Å². The maximum Gasteiger partial charge on any atom is 0.435 e. The number of aromatic nitrogens is 4. The molecule has 20 heavy (non-hydrogen) atoms. The second-order valence-corrected chi connectivity index (χ2v) is 4.13. The van der Waals surface area contributed by atoms with Crippen LogP contribution in [0, 0.1) is 0 Å². The highest BCUT2D eigenvalue weighted by Crippen LogP contribution is 2.27. The van der Waals surface area contributed by atoms with Crippen LogP contribution < -0.4 is 0 Å². The van der Waals surface area contributed by atoms with Crippen molar-refractivity contribution in [2.75, 3.05) is 6.61 Å². The van der Waals surface area contributed by atoms with Gasteiger partial charge in [0.1, 0.15) is 11.8 Å². The predicted molar refractivity (Wildman–Crippen MR) is 64.5 cm³/mol. The van der Waals surface area contributed by atoms with Crippen molar-refractivity contribution in [1.82, 2.24) is 19.7 Å². The monoisotopic (exact) mass is 306 g/mol. The molecule has 0 fully saturated rings. The molecule has 2 aromatic rings. The van der Waals surface area contributed by atoms with E-state index in [4.69, 9.17) is 16.3 Å². The van der Waals surface area contributed by atoms with Crippen LogP contribution in [0.15, 0.2) is 18.3 Å². The van der Waals surface area contributed by atoms with Crippen molar-refractivity contribution < 1.29 is 17.9 Å². The van der Waals surface area contributed by atoms with E-state index >= 15 is 0 Å². The number of hydrogen-bond acceptors (Lipinski definition) is 4. The van der Waals surface area contributed by atoms with E-state index in [2.05, 4.69) is 15.1 Å². The molecule has 0 saturated carbocycles. The zero-order valence-electron chi connectivity index (χ0n) is 10.4. The van der Waals surface area contributed by atoms with Crippen LogP contribution in [0.5, 0.6) is 0 Å². The fourth-order valence-electron chi connectivity index (χ4n) is 1.43. The third-order valence-electron chi connectivity index (χ3n) is 2.28. The van der Waals surface area contributed by atoms with Crippen molar-refractivity contribution in [2.45, 2.75) is 19.7 Å². The summed E-state index contributed by atoms with van der Waals surface area (Å²) in [6.45, 7) is 2.39. The highest BCUT2D eigenvalue weighted by Gasteiger charge is 2.33. The fourth-order valence-corrected chi connectivity index (χ4v) is 1.62. The minimum atomic E-state index is -4.50. The highest BCUT2D eigenvalue weighted by molar-refractivity contribution is 6.29. The van der Waals surface area contributed by atoms with Gasteiger partial charge >= 0.3 is 6.18 Å². The molecule has 0 aliphatic rings. The lowest BCUT2D eigenvalue weighted by Gasteiger charge is -2.05. The van der Waals surface area contributed by atoms with Gasteiger partial charge in [0.25, 0.3) is 0 Å². The Labute approximate surface area is 117 Å². The number of hydrogen-bond donors (Lipinski definition) is 0. The predicted octanol–water partition coefficient (Wildman–Crippen LogP) is 2.87. The molecule has 2 heterocycles. The van der Waals surface area contributed by atoms with Crippen molar-refractivity contribution >= 4 is 11.6 Å². The largest absolute Gasteiger partial charge is 0.435 e. The number of nitrogens with zero attached hydrogens (tertiary/aromatic N) is 4. The molecule has 0 aliphatic carbocycles. The Morgan fingerprint density at radius 1 is 1.35 bits per heavy atom. The zero-order valence-corrected chi connectivity index (χ0v) is 11.1. The van der Waals surface area contributed by atoms with Crippen LogP contribution in [0.2, 0.25) is 5.15 Å². The van der Waals surface area contributed by atoms with Crippen molar-refractivity contribution in [1.29, 1.82) is 0 Å². The van der Waals surface area contributed by atoms with Gasteiger partial charge in [0.2, 0.25) is 0 Å². The zero-order chi connectivity index (χ0) is 14.8. The lowest BCUT2D eigenvalue weighted by atomic mass is 10.4. The standard InChI is InChI=1S/C11H10ClF3N4O/c1-2-20-6-9-16-8(12)5-10(17-9)19-4-3-7(18-19)11(13,14)15/h3-5H,2,6H2,1H3. The van der Waals surface area contributed by atoms with E-state index in [1.54, 1.807) is 6.92 Å². The normalized spacial score (nSPS) is 11.8. The summed E-state index contributed by atoms with van der Waals surface area (Å²) in [4.78, 5) is 7.97. The number of halogens is 4. The minimum absolute atomic E-state index is 0.105. The summed E-state index contributed by atoms with van der Waals surface area (Å²) in [5.41, 5.74) is -1.00. The van der Waals surface area contributed by atoms with Crippen molar-refractivity contribution in [2.24, 2.45) is 0 Å². The van der Waals surface area contributed by atoms with Crippen LogP contribution in [0.3, 0.4) is 0 Å². The van der Waals surface area contributed by atoms with E-state index in [9.17, 15) is 13.2 Å². The minimum Gasteiger partial charge on any atom is -0.374 e. The molecule has 0 unspecified atom stereocenters. The molecule has 0 aliphatic heterocycles. The molecule has 0 amide bonds. The Morgan fingerprint density at radius 2 is 2.10 bits per heavy atom. The van der Waals surface area contributed by atoms with Gasteiger partial charge in [-0.15, -0.1) is 0 Å². The van der Waals surface area contributed by atoms with E-state index in [0.29, 0.717) is 6.61 Å². The Morgan fingerprint density at radius 3 is 2.70 bits per heavy atom. The third kappa shape index (κ3) is 3.45. The van der Waals surface area contributed by atoms with Crippen LogP contribution in [-0.4, -0.2) is 26.4 Å². The molecule has 0 spiro atoms. The van der Waals surface area contributed by atoms with Gasteiger partial charge in [-0.1, -0.05) is 11.6 Å². The second-order valence-electron chi connectivity index (χ2n) is 3.75. The highest BCUT2D eigenvalue weighted by atomic mass is 35.5. The first-order chi connectivity index (χ1) is 9.40. The van der Waals surface area contributed by atoms with Crippen LogP contribution in [0.25, 0.3) is 5.82 Å². The van der Waals surface area contributed by atoms with Gasteiger partial charge in [0.05, 0.1) is 0 Å². The Balaban J connectivity index is 2.32. The number of ether oxygens (including phenoxy) is 1. The molecule has 2 aromatic heterocycles. The average Bonchev–Trinajstić information content (AvgIpc) is 2.85. The molecule has 0 bridgehead atoms. The van der Waals surface area contributed by atoms with Crippen molar-refractivity contribution in [3.63, 3.8) is 0 Å². The van der Waals surface area contributed by atoms with Crippen molar-refractivity contribution in [3.8, 4) is 5.82 Å². The third-order valence-corrected chi connectivity index (χ3v) is 2.47. The summed E-state index contributed by atoms with van der Waals surface area (Å²) in [5, 5.41) is 3.52. The Hall–Kier alpha value is -1.67. The topological polar surface area (TPSA) is 52.8 Å². The maximum atomic E-state index is 12.5. The Bertz CT molecular complexity index is 600. The smallest absolute Gasteiger partial charge is 0.374 e. The maximum absolute atomic E-state index is 12.5. The fraction of sp³-hybridized carbons (Fsp3) is 0.364. The van der Waals surface area contributed by atoms with Gasteiger partial charge in [0, 0.05) is 18.9 Å². The molecule has 0 aromatic carbocycles. The van der Waals surface area contributed by atoms with Gasteiger partial charge < -0.3 is 4.74 Å². The molecular formula is C11H10ClF3N4O. The molecule has 0 saturated heterocycles. The summed E-state index contributed by atoms with van der Waals surface area (Å²) in [6.07, 6.45) is -3.35. The van der Waals surface area contributed by atoms with E-state index in [-0.39, 0.29) is 23.4 Å². The van der Waals surface area contributed by atoms with Crippen LogP contribution >= 0.6 is 11.6 Å². The first kappa shape index (κ1) is 14.7. The molecule has 5 nitrogen and oxygen atoms in total. The van der Waals surface area contributed by atoms with Crippen LogP contribution in [0.4, 0.5) is 13.2 Å². The lowest BCUT2D eigenvalue weighted by Crippen LogP contribution is -2.09. The van der Waals surface area contributed by atoms with Gasteiger partial charge in [-0.05, 0) is 13.0 Å². The van der Waals surface area contributed by atoms with E-state index in [1.165, 1.54) is 6.07 Å². The summed E-state index contributed by atoms with van der Waals surface area (Å²) in [7, 11) is 0. The second kappa shape index (κ2) is 5.76. The first-order valence-corrected chi connectivity index (χ1v) is 6.02. The molecule has 108 valence electrons. The molecule has 2 rings (SSSR count). The number of rotatable bonds is 4.